The first kappa shape index (κ1) is 18.7. The van der Waals surface area contributed by atoms with Gasteiger partial charge in [-0.3, -0.25) is 19.3 Å². The maximum Gasteiger partial charge on any atom is 0.261 e. The fraction of sp³-hybridized carbons (Fsp3) is 0.444. The van der Waals surface area contributed by atoms with Crippen LogP contribution >= 0.6 is 0 Å². The summed E-state index contributed by atoms with van der Waals surface area (Å²) in [4.78, 5) is 38.9. The number of rotatable bonds is 9. The van der Waals surface area contributed by atoms with E-state index in [2.05, 4.69) is 27.7 Å². The number of tetrazole rings is 1. The van der Waals surface area contributed by atoms with Gasteiger partial charge in [0.05, 0.1) is 11.1 Å². The van der Waals surface area contributed by atoms with Crippen molar-refractivity contribution in [3.8, 4) is 0 Å². The second-order valence-electron chi connectivity index (χ2n) is 6.35. The van der Waals surface area contributed by atoms with Gasteiger partial charge in [-0.25, -0.2) is 0 Å². The summed E-state index contributed by atoms with van der Waals surface area (Å²) in [5.41, 5.74) is 0.831. The largest absolute Gasteiger partial charge is 0.354 e. The number of amides is 3. The van der Waals surface area contributed by atoms with Crippen LogP contribution in [0.3, 0.4) is 0 Å². The van der Waals surface area contributed by atoms with Gasteiger partial charge in [0.15, 0.2) is 5.82 Å². The van der Waals surface area contributed by atoms with Gasteiger partial charge >= 0.3 is 0 Å². The van der Waals surface area contributed by atoms with Crippen LogP contribution in [0.4, 0.5) is 0 Å². The number of hydrogen-bond donors (Lipinski definition) is 1. The zero-order chi connectivity index (χ0) is 19.2. The van der Waals surface area contributed by atoms with Gasteiger partial charge in [-0.2, -0.15) is 4.80 Å². The predicted molar refractivity (Wildman–Crippen MR) is 95.9 cm³/mol. The van der Waals surface area contributed by atoms with Gasteiger partial charge in [0, 0.05) is 19.5 Å². The molecule has 0 unspecified atom stereocenters. The zero-order valence-electron chi connectivity index (χ0n) is 15.2. The van der Waals surface area contributed by atoms with Crippen LogP contribution in [0.2, 0.25) is 0 Å². The molecule has 27 heavy (non-hydrogen) atoms. The van der Waals surface area contributed by atoms with E-state index in [1.807, 2.05) is 0 Å². The minimum Gasteiger partial charge on any atom is -0.354 e. The average Bonchev–Trinajstić information content (AvgIpc) is 3.21. The van der Waals surface area contributed by atoms with E-state index in [9.17, 15) is 14.4 Å². The molecule has 0 saturated heterocycles. The van der Waals surface area contributed by atoms with Crippen LogP contribution in [0.15, 0.2) is 24.3 Å². The molecule has 0 saturated carbocycles. The van der Waals surface area contributed by atoms with E-state index in [1.165, 1.54) is 9.70 Å². The third kappa shape index (κ3) is 4.36. The summed E-state index contributed by atoms with van der Waals surface area (Å²) in [6, 6.07) is 6.74. The zero-order valence-corrected chi connectivity index (χ0v) is 15.2. The van der Waals surface area contributed by atoms with Gasteiger partial charge < -0.3 is 5.32 Å². The van der Waals surface area contributed by atoms with E-state index in [-0.39, 0.29) is 37.2 Å². The van der Waals surface area contributed by atoms with E-state index in [1.54, 1.807) is 24.3 Å². The Morgan fingerprint density at radius 3 is 2.48 bits per heavy atom. The quantitative estimate of drug-likeness (QED) is 0.517. The monoisotopic (exact) mass is 370 g/mol. The smallest absolute Gasteiger partial charge is 0.261 e. The molecule has 1 aromatic carbocycles. The van der Waals surface area contributed by atoms with Gasteiger partial charge in [0.2, 0.25) is 5.91 Å². The molecule has 2 aromatic rings. The number of fused-ring (bicyclic) bond motifs is 1. The molecule has 0 atom stereocenters. The highest BCUT2D eigenvalue weighted by Crippen LogP contribution is 2.22. The first-order chi connectivity index (χ1) is 13.1. The number of benzene rings is 1. The molecule has 0 aliphatic carbocycles. The first-order valence-corrected chi connectivity index (χ1v) is 9.08. The number of nitrogens with one attached hydrogen (secondary N) is 1. The van der Waals surface area contributed by atoms with Crippen molar-refractivity contribution >= 4 is 17.7 Å². The summed E-state index contributed by atoms with van der Waals surface area (Å²) in [5, 5.41) is 14.7. The Kier molecular flexibility index (Phi) is 5.90. The third-order valence-electron chi connectivity index (χ3n) is 4.32. The summed E-state index contributed by atoms with van der Waals surface area (Å²) in [6.07, 6.45) is 3.39. The molecule has 3 rings (SSSR count). The second kappa shape index (κ2) is 8.52. The lowest BCUT2D eigenvalue weighted by atomic mass is 10.1. The Bertz CT molecular complexity index is 812. The molecule has 9 heteroatoms. The van der Waals surface area contributed by atoms with Crippen LogP contribution in [0, 0.1) is 0 Å². The minimum atomic E-state index is -0.311. The number of unbranched alkanes of at least 4 members (excludes halogenated alkanes) is 2. The third-order valence-corrected chi connectivity index (χ3v) is 4.32. The van der Waals surface area contributed by atoms with Gasteiger partial charge in [-0.05, 0) is 23.8 Å². The Hall–Kier alpha value is -3.10. The molecule has 0 fully saturated rings. The number of carbonyl (C=O) groups excluding carboxylic acids is 3. The normalized spacial score (nSPS) is 13.1. The Morgan fingerprint density at radius 2 is 1.81 bits per heavy atom. The fourth-order valence-corrected chi connectivity index (χ4v) is 2.88. The molecule has 9 nitrogen and oxygen atoms in total. The van der Waals surface area contributed by atoms with Gasteiger partial charge in [0.1, 0.15) is 6.54 Å². The van der Waals surface area contributed by atoms with Crippen molar-refractivity contribution in [1.29, 1.82) is 0 Å². The molecule has 1 N–H and O–H groups in total. The molecule has 0 bridgehead atoms. The Balaban J connectivity index is 1.50. The highest BCUT2D eigenvalue weighted by molar-refractivity contribution is 6.21. The SMILES string of the molecule is CCCCCNC(=O)Cn1nnc(CCN2C(=O)c3ccccc3C2=O)n1. The number of nitrogens with zero attached hydrogens (tertiary/aromatic N) is 5. The van der Waals surface area contributed by atoms with E-state index in [4.69, 9.17) is 0 Å². The van der Waals surface area contributed by atoms with Gasteiger partial charge in [-0.1, -0.05) is 31.9 Å². The second-order valence-corrected chi connectivity index (χ2v) is 6.35. The molecule has 1 aromatic heterocycles. The molecule has 142 valence electrons. The molecule has 0 spiro atoms. The number of imide groups is 1. The lowest BCUT2D eigenvalue weighted by Crippen LogP contribution is -2.32. The van der Waals surface area contributed by atoms with Crippen molar-refractivity contribution in [2.45, 2.75) is 39.2 Å². The van der Waals surface area contributed by atoms with E-state index >= 15 is 0 Å². The lowest BCUT2D eigenvalue weighted by Gasteiger charge is -2.11. The fourth-order valence-electron chi connectivity index (χ4n) is 2.88. The topological polar surface area (TPSA) is 110 Å². The summed E-state index contributed by atoms with van der Waals surface area (Å²) in [5.74, 6) is -0.412. The Morgan fingerprint density at radius 1 is 1.11 bits per heavy atom. The van der Waals surface area contributed by atoms with Crippen molar-refractivity contribution in [2.24, 2.45) is 0 Å². The van der Waals surface area contributed by atoms with Crippen molar-refractivity contribution in [2.75, 3.05) is 13.1 Å². The van der Waals surface area contributed by atoms with Gasteiger partial charge in [-0.15, -0.1) is 10.2 Å². The van der Waals surface area contributed by atoms with Crippen LogP contribution in [0.25, 0.3) is 0 Å². The molecule has 0 radical (unpaired) electrons. The van der Waals surface area contributed by atoms with Crippen LogP contribution in [0.1, 0.15) is 52.7 Å². The maximum atomic E-state index is 12.3. The van der Waals surface area contributed by atoms with Crippen molar-refractivity contribution in [1.82, 2.24) is 30.4 Å². The van der Waals surface area contributed by atoms with Crippen LogP contribution in [0.5, 0.6) is 0 Å². The highest BCUT2D eigenvalue weighted by atomic mass is 16.2. The average molecular weight is 370 g/mol. The maximum absolute atomic E-state index is 12.3. The highest BCUT2D eigenvalue weighted by Gasteiger charge is 2.34. The molecule has 1 aliphatic rings. The molecule has 2 heterocycles. The first-order valence-electron chi connectivity index (χ1n) is 9.08. The summed E-state index contributed by atoms with van der Waals surface area (Å²) in [7, 11) is 0. The molecular weight excluding hydrogens is 348 g/mol. The molecule has 3 amide bonds. The van der Waals surface area contributed by atoms with Crippen LogP contribution < -0.4 is 5.32 Å². The van der Waals surface area contributed by atoms with E-state index in [0.717, 1.165) is 19.3 Å². The van der Waals surface area contributed by atoms with Crippen LogP contribution in [-0.4, -0.2) is 55.9 Å². The number of aromatic nitrogens is 4. The van der Waals surface area contributed by atoms with Crippen molar-refractivity contribution < 1.29 is 14.4 Å². The summed E-state index contributed by atoms with van der Waals surface area (Å²) in [6.45, 7) is 2.89. The standard InChI is InChI=1S/C18H22N6O3/c1-2-3-6-10-19-16(25)12-24-21-15(20-22-24)9-11-23-17(26)13-7-4-5-8-14(13)18(23)27/h4-5,7-8H,2-3,6,9-12H2,1H3,(H,19,25). The van der Waals surface area contributed by atoms with Gasteiger partial charge in [0.25, 0.3) is 11.8 Å². The molecular formula is C18H22N6O3. The lowest BCUT2D eigenvalue weighted by molar-refractivity contribution is -0.122. The predicted octanol–water partition coefficient (Wildman–Crippen LogP) is 0.818. The van der Waals surface area contributed by atoms with Crippen LogP contribution in [-0.2, 0) is 17.8 Å². The van der Waals surface area contributed by atoms with E-state index in [0.29, 0.717) is 23.5 Å². The summed E-state index contributed by atoms with van der Waals surface area (Å²) >= 11 is 0. The van der Waals surface area contributed by atoms with Crippen molar-refractivity contribution in [3.63, 3.8) is 0 Å². The minimum absolute atomic E-state index is 0.00780. The number of carbonyl (C=O) groups is 3. The Labute approximate surface area is 156 Å². The van der Waals surface area contributed by atoms with Crippen molar-refractivity contribution in [3.05, 3.63) is 41.2 Å². The summed E-state index contributed by atoms with van der Waals surface area (Å²) < 4.78 is 0. The molecule has 1 aliphatic heterocycles. The van der Waals surface area contributed by atoms with E-state index < -0.39 is 0 Å². The number of hydrogen-bond acceptors (Lipinski definition) is 6.